The van der Waals surface area contributed by atoms with Crippen LogP contribution >= 0.6 is 0 Å². The highest BCUT2D eigenvalue weighted by Crippen LogP contribution is 2.13. The third-order valence-electron chi connectivity index (χ3n) is 1.86. The number of aromatic nitrogens is 3. The zero-order valence-electron chi connectivity index (χ0n) is 7.03. The number of amides is 1. The Kier molecular flexibility index (Phi) is 1.39. The van der Waals surface area contributed by atoms with Crippen LogP contribution in [-0.2, 0) is 11.3 Å². The number of carbonyl (C=O) groups is 1. The Morgan fingerprint density at radius 1 is 1.67 bits per heavy atom. The Morgan fingerprint density at radius 3 is 3.17 bits per heavy atom. The molecule has 0 bridgehead atoms. The van der Waals surface area contributed by atoms with E-state index in [2.05, 4.69) is 15.4 Å². The van der Waals surface area contributed by atoms with Crippen LogP contribution < -0.4 is 5.32 Å². The molecule has 1 atom stereocenters. The first-order chi connectivity index (χ1) is 5.66. The van der Waals surface area contributed by atoms with E-state index in [4.69, 9.17) is 0 Å². The minimum atomic E-state index is -0.0209. The minimum absolute atomic E-state index is 0.0000926. The summed E-state index contributed by atoms with van der Waals surface area (Å²) < 4.78 is 1.65. The molecule has 0 aliphatic carbocycles. The zero-order chi connectivity index (χ0) is 8.72. The summed E-state index contributed by atoms with van der Waals surface area (Å²) in [5.41, 5.74) is 0. The highest BCUT2D eigenvalue weighted by molar-refractivity contribution is 5.77. The van der Waals surface area contributed by atoms with E-state index in [1.807, 2.05) is 13.8 Å². The van der Waals surface area contributed by atoms with Crippen LogP contribution in [0.1, 0.15) is 24.6 Å². The highest BCUT2D eigenvalue weighted by atomic mass is 16.2. The highest BCUT2D eigenvalue weighted by Gasteiger charge is 2.23. The van der Waals surface area contributed by atoms with E-state index in [0.717, 1.165) is 5.82 Å². The smallest absolute Gasteiger partial charge is 0.242 e. The van der Waals surface area contributed by atoms with Crippen molar-refractivity contribution in [2.75, 3.05) is 0 Å². The Bertz CT molecular complexity index is 330. The van der Waals surface area contributed by atoms with E-state index in [0.29, 0.717) is 12.4 Å². The topological polar surface area (TPSA) is 59.8 Å². The van der Waals surface area contributed by atoms with Crippen LogP contribution in [0.3, 0.4) is 0 Å². The van der Waals surface area contributed by atoms with Gasteiger partial charge in [-0.25, -0.2) is 9.67 Å². The van der Waals surface area contributed by atoms with Gasteiger partial charge in [0.2, 0.25) is 5.91 Å². The van der Waals surface area contributed by atoms with Crippen molar-refractivity contribution in [3.8, 4) is 0 Å². The van der Waals surface area contributed by atoms with Crippen molar-refractivity contribution in [3.05, 3.63) is 11.6 Å². The second-order valence-corrected chi connectivity index (χ2v) is 2.96. The molecule has 5 nitrogen and oxygen atoms in total. The van der Waals surface area contributed by atoms with Crippen molar-refractivity contribution >= 4 is 5.91 Å². The lowest BCUT2D eigenvalue weighted by atomic mass is 10.2. The molecule has 12 heavy (non-hydrogen) atoms. The molecule has 1 aromatic rings. The molecular weight excluding hydrogens is 156 g/mol. The molecule has 1 N–H and O–H groups in total. The van der Waals surface area contributed by atoms with Gasteiger partial charge in [0.05, 0.1) is 6.04 Å². The van der Waals surface area contributed by atoms with Gasteiger partial charge in [-0.05, 0) is 13.8 Å². The van der Waals surface area contributed by atoms with Crippen LogP contribution in [0.25, 0.3) is 0 Å². The second-order valence-electron chi connectivity index (χ2n) is 2.96. The fraction of sp³-hybridized carbons (Fsp3) is 0.571. The number of fused-ring (bicyclic) bond motifs is 1. The Hall–Kier alpha value is -1.39. The van der Waals surface area contributed by atoms with Gasteiger partial charge in [-0.1, -0.05) is 0 Å². The number of rotatable bonds is 0. The number of hydrogen-bond acceptors (Lipinski definition) is 3. The van der Waals surface area contributed by atoms with Crippen molar-refractivity contribution in [2.45, 2.75) is 26.4 Å². The monoisotopic (exact) mass is 166 g/mol. The van der Waals surface area contributed by atoms with Crippen LogP contribution in [0.15, 0.2) is 0 Å². The molecule has 64 valence electrons. The van der Waals surface area contributed by atoms with Crippen LogP contribution in [0.2, 0.25) is 0 Å². The van der Waals surface area contributed by atoms with E-state index in [1.165, 1.54) is 0 Å². The summed E-state index contributed by atoms with van der Waals surface area (Å²) in [6.07, 6.45) is 0. The Balaban J connectivity index is 2.46. The lowest BCUT2D eigenvalue weighted by Gasteiger charge is -2.19. The van der Waals surface area contributed by atoms with Crippen molar-refractivity contribution in [2.24, 2.45) is 0 Å². The summed E-state index contributed by atoms with van der Waals surface area (Å²) >= 11 is 0. The second kappa shape index (κ2) is 2.30. The summed E-state index contributed by atoms with van der Waals surface area (Å²) in [4.78, 5) is 15.2. The van der Waals surface area contributed by atoms with E-state index < -0.39 is 0 Å². The fourth-order valence-corrected chi connectivity index (χ4v) is 1.40. The molecule has 0 saturated carbocycles. The molecule has 0 saturated heterocycles. The Morgan fingerprint density at radius 2 is 2.42 bits per heavy atom. The molecule has 0 spiro atoms. The predicted octanol–water partition coefficient (Wildman–Crippen LogP) is -0.223. The summed E-state index contributed by atoms with van der Waals surface area (Å²) in [5.74, 6) is 1.56. The minimum Gasteiger partial charge on any atom is -0.345 e. The number of hydrogen-bond donors (Lipinski definition) is 1. The molecule has 2 rings (SSSR count). The largest absolute Gasteiger partial charge is 0.345 e. The normalized spacial score (nSPS) is 21.8. The molecule has 1 aliphatic rings. The van der Waals surface area contributed by atoms with E-state index in [1.54, 1.807) is 4.68 Å². The van der Waals surface area contributed by atoms with Crippen molar-refractivity contribution in [1.29, 1.82) is 0 Å². The summed E-state index contributed by atoms with van der Waals surface area (Å²) in [6.45, 7) is 4.01. The van der Waals surface area contributed by atoms with Crippen LogP contribution in [-0.4, -0.2) is 20.7 Å². The van der Waals surface area contributed by atoms with Crippen LogP contribution in [0, 0.1) is 6.92 Å². The van der Waals surface area contributed by atoms with Gasteiger partial charge in [0.15, 0.2) is 0 Å². The van der Waals surface area contributed by atoms with Crippen LogP contribution in [0.4, 0.5) is 0 Å². The standard InChI is InChI=1S/C7H10N4O/c1-4-7-9-5(2)10-11(7)3-6(12)8-4/h4H,3H2,1-2H3,(H,8,12)/t4-/m0/s1. The summed E-state index contributed by atoms with van der Waals surface area (Å²) in [6, 6.07) is -0.0209. The van der Waals surface area contributed by atoms with Crippen LogP contribution in [0.5, 0.6) is 0 Å². The number of carbonyl (C=O) groups excluding carboxylic acids is 1. The average molecular weight is 166 g/mol. The maximum atomic E-state index is 11.0. The molecule has 1 aromatic heterocycles. The molecule has 0 radical (unpaired) electrons. The number of nitrogens with one attached hydrogen (secondary N) is 1. The molecule has 1 amide bonds. The van der Waals surface area contributed by atoms with Crippen molar-refractivity contribution in [3.63, 3.8) is 0 Å². The lowest BCUT2D eigenvalue weighted by molar-refractivity contribution is -0.123. The number of nitrogens with zero attached hydrogens (tertiary/aromatic N) is 3. The molecule has 2 heterocycles. The lowest BCUT2D eigenvalue weighted by Crippen LogP contribution is -2.37. The van der Waals surface area contributed by atoms with E-state index >= 15 is 0 Å². The fourth-order valence-electron chi connectivity index (χ4n) is 1.40. The molecule has 1 aliphatic heterocycles. The maximum absolute atomic E-state index is 11.0. The molecular formula is C7H10N4O. The van der Waals surface area contributed by atoms with Crippen molar-refractivity contribution in [1.82, 2.24) is 20.1 Å². The quantitative estimate of drug-likeness (QED) is 0.579. The third-order valence-corrected chi connectivity index (χ3v) is 1.86. The van der Waals surface area contributed by atoms with Gasteiger partial charge >= 0.3 is 0 Å². The van der Waals surface area contributed by atoms with E-state index in [-0.39, 0.29) is 11.9 Å². The third kappa shape index (κ3) is 0.975. The SMILES string of the molecule is Cc1nc2n(n1)CC(=O)N[C@H]2C. The first-order valence-corrected chi connectivity index (χ1v) is 3.87. The van der Waals surface area contributed by atoms with Gasteiger partial charge in [-0.3, -0.25) is 4.79 Å². The van der Waals surface area contributed by atoms with Gasteiger partial charge < -0.3 is 5.32 Å². The predicted molar refractivity (Wildman–Crippen MR) is 41.3 cm³/mol. The first-order valence-electron chi connectivity index (χ1n) is 3.87. The zero-order valence-corrected chi connectivity index (χ0v) is 7.03. The summed E-state index contributed by atoms with van der Waals surface area (Å²) in [5, 5.41) is 6.88. The van der Waals surface area contributed by atoms with Gasteiger partial charge in [-0.15, -0.1) is 0 Å². The molecule has 0 fully saturated rings. The van der Waals surface area contributed by atoms with E-state index in [9.17, 15) is 4.79 Å². The van der Waals surface area contributed by atoms with Gasteiger partial charge in [0.1, 0.15) is 18.2 Å². The average Bonchev–Trinajstić information content (AvgIpc) is 2.29. The summed E-state index contributed by atoms with van der Waals surface area (Å²) in [7, 11) is 0. The Labute approximate surface area is 69.8 Å². The maximum Gasteiger partial charge on any atom is 0.242 e. The van der Waals surface area contributed by atoms with Gasteiger partial charge in [0, 0.05) is 0 Å². The molecule has 0 aromatic carbocycles. The van der Waals surface area contributed by atoms with Crippen molar-refractivity contribution < 1.29 is 4.79 Å². The number of aryl methyl sites for hydroxylation is 1. The van der Waals surface area contributed by atoms with Gasteiger partial charge in [-0.2, -0.15) is 5.10 Å². The first kappa shape index (κ1) is 7.27. The molecule has 5 heteroatoms. The molecule has 0 unspecified atom stereocenters. The van der Waals surface area contributed by atoms with Gasteiger partial charge in [0.25, 0.3) is 0 Å².